The van der Waals surface area contributed by atoms with Gasteiger partial charge in [-0.15, -0.1) is 0 Å². The van der Waals surface area contributed by atoms with Gasteiger partial charge in [-0.2, -0.15) is 5.10 Å². The SMILES string of the molecule is Cc1ccc(C(=O)N[NH+]=C(N)N)cc1.[Cl-]. The van der Waals surface area contributed by atoms with Crippen LogP contribution in [0.1, 0.15) is 15.9 Å². The number of hydrogen-bond donors (Lipinski definition) is 4. The summed E-state index contributed by atoms with van der Waals surface area (Å²) in [5.41, 5.74) is 14.2. The number of aryl methyl sites for hydroxylation is 1. The molecule has 0 aliphatic carbocycles. The second-order valence-corrected chi connectivity index (χ2v) is 2.90. The van der Waals surface area contributed by atoms with Crippen LogP contribution in [-0.2, 0) is 0 Å². The molecule has 0 spiro atoms. The van der Waals surface area contributed by atoms with Crippen molar-refractivity contribution in [3.05, 3.63) is 35.4 Å². The molecule has 15 heavy (non-hydrogen) atoms. The van der Waals surface area contributed by atoms with Gasteiger partial charge in [-0.3, -0.25) is 16.3 Å². The molecule has 6 N–H and O–H groups in total. The molecule has 0 aromatic heterocycles. The van der Waals surface area contributed by atoms with Crippen LogP contribution in [0.5, 0.6) is 0 Å². The third-order valence-corrected chi connectivity index (χ3v) is 1.63. The topological polar surface area (TPSA) is 95.1 Å². The molecule has 0 aliphatic heterocycles. The molecule has 0 atom stereocenters. The molecule has 1 amide bonds. The van der Waals surface area contributed by atoms with Gasteiger partial charge in [-0.05, 0) is 19.1 Å². The zero-order valence-corrected chi connectivity index (χ0v) is 9.01. The first-order valence-electron chi connectivity index (χ1n) is 4.10. The van der Waals surface area contributed by atoms with E-state index >= 15 is 0 Å². The van der Waals surface area contributed by atoms with E-state index in [1.165, 1.54) is 0 Å². The van der Waals surface area contributed by atoms with Crippen LogP contribution in [-0.4, -0.2) is 11.9 Å². The number of carbonyl (C=O) groups excluding carboxylic acids is 1. The lowest BCUT2D eigenvalue weighted by Gasteiger charge is -1.99. The van der Waals surface area contributed by atoms with E-state index in [9.17, 15) is 4.79 Å². The highest BCUT2D eigenvalue weighted by Crippen LogP contribution is 2.01. The normalized spacial score (nSPS) is 8.60. The number of nitrogens with one attached hydrogen (secondary N) is 2. The lowest BCUT2D eigenvalue weighted by Crippen LogP contribution is -3.00. The Morgan fingerprint density at radius 3 is 2.27 bits per heavy atom. The van der Waals surface area contributed by atoms with Crippen LogP contribution < -0.4 is 34.4 Å². The standard InChI is InChI=1S/C9H12N4O.ClH/c1-6-2-4-7(5-3-6)8(14)12-13-9(10)11;/h2-5H,1H3,(H,12,14)(H4,10,11,13);1H. The molecule has 0 fully saturated rings. The fraction of sp³-hybridized carbons (Fsp3) is 0.111. The number of carbonyl (C=O) groups is 1. The molecule has 0 bridgehead atoms. The Bertz CT molecular complexity index is 357. The third-order valence-electron chi connectivity index (χ3n) is 1.63. The number of hydrazine groups is 1. The van der Waals surface area contributed by atoms with E-state index in [2.05, 4.69) is 10.5 Å². The summed E-state index contributed by atoms with van der Waals surface area (Å²) in [6, 6.07) is 7.15. The first-order chi connectivity index (χ1) is 6.59. The molecule has 82 valence electrons. The van der Waals surface area contributed by atoms with Crippen molar-refractivity contribution in [1.29, 1.82) is 0 Å². The Hall–Kier alpha value is -1.75. The summed E-state index contributed by atoms with van der Waals surface area (Å²) in [7, 11) is 0. The van der Waals surface area contributed by atoms with E-state index < -0.39 is 0 Å². The molecule has 0 unspecified atom stereocenters. The third kappa shape index (κ3) is 4.33. The molecule has 0 saturated heterocycles. The van der Waals surface area contributed by atoms with Crippen molar-refractivity contribution in [3.63, 3.8) is 0 Å². The molecule has 1 aromatic rings. The maximum Gasteiger partial charge on any atom is 0.360 e. The first kappa shape index (κ1) is 13.2. The van der Waals surface area contributed by atoms with E-state index in [4.69, 9.17) is 11.5 Å². The molecule has 0 aliphatic rings. The summed E-state index contributed by atoms with van der Waals surface area (Å²) in [6.45, 7) is 1.95. The van der Waals surface area contributed by atoms with E-state index in [-0.39, 0.29) is 24.3 Å². The predicted octanol–water partition coefficient (Wildman–Crippen LogP) is -5.00. The van der Waals surface area contributed by atoms with E-state index in [1.807, 2.05) is 19.1 Å². The summed E-state index contributed by atoms with van der Waals surface area (Å²) in [6.07, 6.45) is 0. The van der Waals surface area contributed by atoms with Gasteiger partial charge in [0.2, 0.25) is 0 Å². The van der Waals surface area contributed by atoms with Crippen LogP contribution in [0, 0.1) is 6.92 Å². The fourth-order valence-corrected chi connectivity index (χ4v) is 0.906. The summed E-state index contributed by atoms with van der Waals surface area (Å²) >= 11 is 0. The molecule has 1 aromatic carbocycles. The Kier molecular flexibility index (Phi) is 5.19. The number of guanidine groups is 1. The van der Waals surface area contributed by atoms with Gasteiger partial charge in [0.1, 0.15) is 0 Å². The monoisotopic (exact) mass is 228 g/mol. The van der Waals surface area contributed by atoms with E-state index in [1.54, 1.807) is 12.1 Å². The highest BCUT2D eigenvalue weighted by molar-refractivity contribution is 5.93. The van der Waals surface area contributed by atoms with Crippen molar-refractivity contribution in [2.24, 2.45) is 11.5 Å². The number of rotatable bonds is 2. The lowest BCUT2D eigenvalue weighted by molar-refractivity contribution is -0.510. The van der Waals surface area contributed by atoms with E-state index in [0.717, 1.165) is 5.56 Å². The zero-order chi connectivity index (χ0) is 10.6. The predicted molar refractivity (Wildman–Crippen MR) is 53.0 cm³/mol. The summed E-state index contributed by atoms with van der Waals surface area (Å²) in [4.78, 5) is 11.4. The minimum absolute atomic E-state index is 0. The summed E-state index contributed by atoms with van der Waals surface area (Å²) < 4.78 is 0. The van der Waals surface area contributed by atoms with Gasteiger partial charge in [-0.1, -0.05) is 17.7 Å². The largest absolute Gasteiger partial charge is 1.00 e. The van der Waals surface area contributed by atoms with Gasteiger partial charge in [0.15, 0.2) is 0 Å². The van der Waals surface area contributed by atoms with Crippen LogP contribution >= 0.6 is 0 Å². The van der Waals surface area contributed by atoms with Crippen molar-refractivity contribution in [3.8, 4) is 0 Å². The summed E-state index contributed by atoms with van der Waals surface area (Å²) in [5, 5.41) is 2.33. The second kappa shape index (κ2) is 5.87. The molecule has 0 radical (unpaired) electrons. The number of hydrazone groups is 1. The second-order valence-electron chi connectivity index (χ2n) is 2.90. The maximum atomic E-state index is 11.4. The Labute approximate surface area is 93.9 Å². The van der Waals surface area contributed by atoms with Crippen LogP contribution in [0.2, 0.25) is 0 Å². The molecule has 5 nitrogen and oxygen atoms in total. The zero-order valence-electron chi connectivity index (χ0n) is 8.25. The Morgan fingerprint density at radius 2 is 1.80 bits per heavy atom. The molecule has 6 heteroatoms. The number of halogens is 1. The van der Waals surface area contributed by atoms with Crippen molar-refractivity contribution < 1.29 is 22.3 Å². The molecule has 0 saturated carbocycles. The molecule has 0 heterocycles. The van der Waals surface area contributed by atoms with Gasteiger partial charge in [0.05, 0.1) is 0 Å². The minimum atomic E-state index is -0.279. The molecular formula is C9H13ClN4O. The maximum absolute atomic E-state index is 11.4. The highest BCUT2D eigenvalue weighted by atomic mass is 35.5. The fourth-order valence-electron chi connectivity index (χ4n) is 0.906. The van der Waals surface area contributed by atoms with Crippen molar-refractivity contribution >= 4 is 11.9 Å². The van der Waals surface area contributed by atoms with Crippen LogP contribution in [0.25, 0.3) is 0 Å². The average molecular weight is 229 g/mol. The van der Waals surface area contributed by atoms with Gasteiger partial charge >= 0.3 is 5.96 Å². The first-order valence-corrected chi connectivity index (χ1v) is 4.10. The van der Waals surface area contributed by atoms with Gasteiger partial charge in [-0.25, -0.2) is 5.43 Å². The van der Waals surface area contributed by atoms with Crippen molar-refractivity contribution in [2.45, 2.75) is 6.92 Å². The van der Waals surface area contributed by atoms with Crippen molar-refractivity contribution in [1.82, 2.24) is 5.43 Å². The van der Waals surface area contributed by atoms with Gasteiger partial charge < -0.3 is 12.4 Å². The number of nitrogens with two attached hydrogens (primary N) is 2. The minimum Gasteiger partial charge on any atom is -1.00 e. The average Bonchev–Trinajstić information content (AvgIpc) is 2.15. The van der Waals surface area contributed by atoms with E-state index in [0.29, 0.717) is 5.56 Å². The van der Waals surface area contributed by atoms with Crippen molar-refractivity contribution in [2.75, 3.05) is 0 Å². The highest BCUT2D eigenvalue weighted by Gasteiger charge is 2.03. The van der Waals surface area contributed by atoms with Gasteiger partial charge in [0, 0.05) is 5.56 Å². The Morgan fingerprint density at radius 1 is 1.27 bits per heavy atom. The number of hydrogen-bond acceptors (Lipinski definition) is 1. The molecule has 1 rings (SSSR count). The summed E-state index contributed by atoms with van der Waals surface area (Å²) in [5.74, 6) is -0.330. The Balaban J connectivity index is 0.00000196. The lowest BCUT2D eigenvalue weighted by atomic mass is 10.1. The quantitative estimate of drug-likeness (QED) is 0.232. The van der Waals surface area contributed by atoms with Crippen LogP contribution in [0.4, 0.5) is 0 Å². The smallest absolute Gasteiger partial charge is 0.360 e. The van der Waals surface area contributed by atoms with Crippen LogP contribution in [0.3, 0.4) is 0 Å². The van der Waals surface area contributed by atoms with Gasteiger partial charge in [0.25, 0.3) is 5.91 Å². The number of benzene rings is 1. The number of amides is 1. The van der Waals surface area contributed by atoms with Crippen LogP contribution in [0.15, 0.2) is 24.3 Å². The molecular weight excluding hydrogens is 216 g/mol.